The molecule has 0 aliphatic rings. The number of carbonyl (C=O) groups excluding carboxylic acids is 2. The first-order valence-corrected chi connectivity index (χ1v) is 7.37. The van der Waals surface area contributed by atoms with Crippen LogP contribution in [-0.4, -0.2) is 39.7 Å². The summed E-state index contributed by atoms with van der Waals surface area (Å²) in [6.45, 7) is 2.47. The summed E-state index contributed by atoms with van der Waals surface area (Å²) in [5, 5.41) is 0. The van der Waals surface area contributed by atoms with E-state index in [1.54, 1.807) is 17.0 Å². The highest BCUT2D eigenvalue weighted by molar-refractivity contribution is 5.95. The van der Waals surface area contributed by atoms with Crippen molar-refractivity contribution in [3.8, 4) is 17.2 Å². The van der Waals surface area contributed by atoms with Gasteiger partial charge in [-0.05, 0) is 6.42 Å². The van der Waals surface area contributed by atoms with E-state index < -0.39 is 5.91 Å². The number of primary amides is 1. The fourth-order valence-corrected chi connectivity index (χ4v) is 2.21. The molecule has 0 bridgehead atoms. The number of hydrogen-bond acceptors (Lipinski definition) is 5. The van der Waals surface area contributed by atoms with Crippen LogP contribution in [-0.2, 0) is 9.59 Å². The number of anilines is 1. The van der Waals surface area contributed by atoms with E-state index in [4.69, 9.17) is 19.9 Å². The van der Waals surface area contributed by atoms with Gasteiger partial charge < -0.3 is 24.8 Å². The molecule has 0 aliphatic carbocycles. The first-order chi connectivity index (χ1) is 11.0. The highest BCUT2D eigenvalue weighted by Gasteiger charge is 2.20. The molecule has 0 aliphatic heterocycles. The van der Waals surface area contributed by atoms with Crippen molar-refractivity contribution in [2.75, 3.05) is 32.8 Å². The van der Waals surface area contributed by atoms with E-state index in [0.29, 0.717) is 29.5 Å². The number of methoxy groups -OCH3 is 3. The van der Waals surface area contributed by atoms with Crippen LogP contribution in [0.2, 0.25) is 0 Å². The molecule has 1 aromatic carbocycles. The molecule has 0 fully saturated rings. The molecule has 0 spiro atoms. The van der Waals surface area contributed by atoms with Crippen molar-refractivity contribution in [1.82, 2.24) is 0 Å². The van der Waals surface area contributed by atoms with Gasteiger partial charge in [0.15, 0.2) is 11.5 Å². The molecule has 0 aromatic heterocycles. The molecular formula is C16H24N2O5. The standard InChI is InChI=1S/C16H24N2O5/c1-5-8-18(15(20)7-6-14(17)19)11-9-12(21-2)16(23-4)13(10-11)22-3/h9-10H,5-8H2,1-4H3,(H2,17,19). The SMILES string of the molecule is CCCN(C(=O)CCC(N)=O)c1cc(OC)c(OC)c(OC)c1. The van der Waals surface area contributed by atoms with Crippen LogP contribution in [0.25, 0.3) is 0 Å². The lowest BCUT2D eigenvalue weighted by Gasteiger charge is -2.24. The van der Waals surface area contributed by atoms with Crippen LogP contribution < -0.4 is 24.8 Å². The number of hydrogen-bond donors (Lipinski definition) is 1. The molecule has 7 nitrogen and oxygen atoms in total. The van der Waals surface area contributed by atoms with E-state index in [1.807, 2.05) is 6.92 Å². The van der Waals surface area contributed by atoms with Crippen molar-refractivity contribution in [3.63, 3.8) is 0 Å². The molecule has 23 heavy (non-hydrogen) atoms. The van der Waals surface area contributed by atoms with E-state index >= 15 is 0 Å². The molecule has 0 saturated carbocycles. The van der Waals surface area contributed by atoms with Gasteiger partial charge in [0.25, 0.3) is 0 Å². The maximum absolute atomic E-state index is 12.4. The van der Waals surface area contributed by atoms with Crippen LogP contribution in [0.5, 0.6) is 17.2 Å². The summed E-state index contributed by atoms with van der Waals surface area (Å²) in [6.07, 6.45) is 0.842. The zero-order valence-corrected chi connectivity index (χ0v) is 14.0. The minimum Gasteiger partial charge on any atom is -0.493 e. The summed E-state index contributed by atoms with van der Waals surface area (Å²) in [7, 11) is 4.54. The van der Waals surface area contributed by atoms with Crippen LogP contribution in [0.3, 0.4) is 0 Å². The van der Waals surface area contributed by atoms with E-state index in [0.717, 1.165) is 6.42 Å². The maximum atomic E-state index is 12.4. The molecule has 0 radical (unpaired) electrons. The number of nitrogens with zero attached hydrogens (tertiary/aromatic N) is 1. The zero-order valence-electron chi connectivity index (χ0n) is 14.0. The van der Waals surface area contributed by atoms with Crippen molar-refractivity contribution in [3.05, 3.63) is 12.1 Å². The van der Waals surface area contributed by atoms with Crippen LogP contribution in [0, 0.1) is 0 Å². The molecule has 2 N–H and O–H groups in total. The molecule has 0 atom stereocenters. The van der Waals surface area contributed by atoms with Gasteiger partial charge in [0.1, 0.15) is 0 Å². The highest BCUT2D eigenvalue weighted by Crippen LogP contribution is 2.41. The lowest BCUT2D eigenvalue weighted by molar-refractivity contribution is -0.123. The largest absolute Gasteiger partial charge is 0.493 e. The number of ether oxygens (including phenoxy) is 3. The third-order valence-corrected chi connectivity index (χ3v) is 3.29. The molecule has 2 amide bonds. The second kappa shape index (κ2) is 8.87. The number of rotatable bonds is 9. The second-order valence-corrected chi connectivity index (χ2v) is 4.90. The summed E-state index contributed by atoms with van der Waals surface area (Å²) in [6, 6.07) is 3.42. The molecule has 7 heteroatoms. The average Bonchev–Trinajstić information content (AvgIpc) is 2.55. The summed E-state index contributed by atoms with van der Waals surface area (Å²) >= 11 is 0. The van der Waals surface area contributed by atoms with Gasteiger partial charge in [0.2, 0.25) is 17.6 Å². The predicted octanol–water partition coefficient (Wildman–Crippen LogP) is 1.72. The minimum atomic E-state index is -0.500. The minimum absolute atomic E-state index is 0.0173. The fraction of sp³-hybridized carbons (Fsp3) is 0.500. The van der Waals surface area contributed by atoms with Crippen molar-refractivity contribution >= 4 is 17.5 Å². The van der Waals surface area contributed by atoms with Crippen molar-refractivity contribution in [1.29, 1.82) is 0 Å². The first kappa shape index (κ1) is 18.6. The maximum Gasteiger partial charge on any atom is 0.227 e. The Bertz CT molecular complexity index is 534. The monoisotopic (exact) mass is 324 g/mol. The molecule has 1 rings (SSSR count). The first-order valence-electron chi connectivity index (χ1n) is 7.37. The summed E-state index contributed by atoms with van der Waals surface area (Å²) < 4.78 is 15.9. The summed E-state index contributed by atoms with van der Waals surface area (Å²) in [5.41, 5.74) is 5.74. The number of benzene rings is 1. The quantitative estimate of drug-likeness (QED) is 0.747. The van der Waals surface area contributed by atoms with Gasteiger partial charge in [-0.3, -0.25) is 9.59 Å². The Morgan fingerprint density at radius 2 is 1.61 bits per heavy atom. The lowest BCUT2D eigenvalue weighted by Crippen LogP contribution is -2.32. The van der Waals surface area contributed by atoms with Gasteiger partial charge in [-0.15, -0.1) is 0 Å². The number of amides is 2. The number of carbonyl (C=O) groups is 2. The van der Waals surface area contributed by atoms with Crippen LogP contribution in [0.15, 0.2) is 12.1 Å². The van der Waals surface area contributed by atoms with Crippen molar-refractivity contribution < 1.29 is 23.8 Å². The Labute approximate surface area is 136 Å². The average molecular weight is 324 g/mol. The van der Waals surface area contributed by atoms with Crippen LogP contribution >= 0.6 is 0 Å². The van der Waals surface area contributed by atoms with E-state index in [2.05, 4.69) is 0 Å². The molecular weight excluding hydrogens is 300 g/mol. The second-order valence-electron chi connectivity index (χ2n) is 4.90. The van der Waals surface area contributed by atoms with Gasteiger partial charge in [-0.2, -0.15) is 0 Å². The smallest absolute Gasteiger partial charge is 0.227 e. The van der Waals surface area contributed by atoms with Crippen LogP contribution in [0.4, 0.5) is 5.69 Å². The molecule has 0 unspecified atom stereocenters. The molecule has 128 valence electrons. The topological polar surface area (TPSA) is 91.1 Å². The van der Waals surface area contributed by atoms with Gasteiger partial charge in [-0.25, -0.2) is 0 Å². The highest BCUT2D eigenvalue weighted by atomic mass is 16.5. The Kier molecular flexibility index (Phi) is 7.18. The van der Waals surface area contributed by atoms with Crippen molar-refractivity contribution in [2.45, 2.75) is 26.2 Å². The summed E-state index contributed by atoms with van der Waals surface area (Å²) in [5.74, 6) is 0.704. The third-order valence-electron chi connectivity index (χ3n) is 3.29. The van der Waals surface area contributed by atoms with Gasteiger partial charge >= 0.3 is 0 Å². The normalized spacial score (nSPS) is 10.1. The van der Waals surface area contributed by atoms with Gasteiger partial charge in [0.05, 0.1) is 27.0 Å². The Morgan fingerprint density at radius 1 is 1.04 bits per heavy atom. The van der Waals surface area contributed by atoms with Gasteiger partial charge in [-0.1, -0.05) is 6.92 Å². The van der Waals surface area contributed by atoms with E-state index in [9.17, 15) is 9.59 Å². The molecule has 1 aromatic rings. The predicted molar refractivity (Wildman–Crippen MR) is 87.2 cm³/mol. The van der Waals surface area contributed by atoms with Crippen molar-refractivity contribution in [2.24, 2.45) is 5.73 Å². The Balaban J connectivity index is 3.20. The number of nitrogens with two attached hydrogens (primary N) is 1. The fourth-order valence-electron chi connectivity index (χ4n) is 2.21. The summed E-state index contributed by atoms with van der Waals surface area (Å²) in [4.78, 5) is 24.9. The third kappa shape index (κ3) is 4.77. The lowest BCUT2D eigenvalue weighted by atomic mass is 10.2. The van der Waals surface area contributed by atoms with E-state index in [-0.39, 0.29) is 18.7 Å². The van der Waals surface area contributed by atoms with E-state index in [1.165, 1.54) is 21.3 Å². The molecule has 0 saturated heterocycles. The Hall–Kier alpha value is -2.44. The Morgan fingerprint density at radius 3 is 2.00 bits per heavy atom. The zero-order chi connectivity index (χ0) is 17.4. The van der Waals surface area contributed by atoms with Crippen LogP contribution in [0.1, 0.15) is 26.2 Å². The van der Waals surface area contributed by atoms with Gasteiger partial charge in [0, 0.05) is 31.5 Å². The molecule has 0 heterocycles.